The molecule has 4 nitrogen and oxygen atoms in total. The molecular weight excluding hydrogens is 172 g/mol. The summed E-state index contributed by atoms with van der Waals surface area (Å²) < 4.78 is 0. The lowest BCUT2D eigenvalue weighted by molar-refractivity contribution is -0.147. The van der Waals surface area contributed by atoms with Crippen molar-refractivity contribution in [1.29, 1.82) is 0 Å². The van der Waals surface area contributed by atoms with Crippen molar-refractivity contribution < 1.29 is 19.8 Å². The molecule has 1 aliphatic carbocycles. The molecule has 13 heavy (non-hydrogen) atoms. The summed E-state index contributed by atoms with van der Waals surface area (Å²) in [6, 6.07) is 0. The summed E-state index contributed by atoms with van der Waals surface area (Å²) >= 11 is 0. The van der Waals surface area contributed by atoms with Crippen LogP contribution < -0.4 is 0 Å². The fraction of sp³-hybridized carbons (Fsp3) is 0.778. The first-order chi connectivity index (χ1) is 6.13. The van der Waals surface area contributed by atoms with Crippen LogP contribution >= 0.6 is 0 Å². The Kier molecular flexibility index (Phi) is 6.96. The van der Waals surface area contributed by atoms with Gasteiger partial charge in [0.05, 0.1) is 0 Å². The molecule has 0 spiro atoms. The van der Waals surface area contributed by atoms with Crippen LogP contribution in [0.2, 0.25) is 0 Å². The zero-order chi connectivity index (χ0) is 10.1. The monoisotopic (exact) mass is 188 g/mol. The SMILES string of the molecule is C1CCCCC1.O=C(O)CC(=O)O. The highest BCUT2D eigenvalue weighted by molar-refractivity contribution is 5.88. The van der Waals surface area contributed by atoms with Gasteiger partial charge in [0.2, 0.25) is 0 Å². The van der Waals surface area contributed by atoms with E-state index in [2.05, 4.69) is 0 Å². The predicted molar refractivity (Wildman–Crippen MR) is 47.6 cm³/mol. The third kappa shape index (κ3) is 10.9. The van der Waals surface area contributed by atoms with Crippen molar-refractivity contribution in [3.63, 3.8) is 0 Å². The van der Waals surface area contributed by atoms with Gasteiger partial charge in [0, 0.05) is 0 Å². The van der Waals surface area contributed by atoms with E-state index in [4.69, 9.17) is 10.2 Å². The molecule has 0 radical (unpaired) electrons. The lowest BCUT2D eigenvalue weighted by atomic mass is 10.0. The predicted octanol–water partition coefficient (Wildman–Crippen LogP) is 1.89. The minimum Gasteiger partial charge on any atom is -0.481 e. The van der Waals surface area contributed by atoms with E-state index in [1.54, 1.807) is 0 Å². The van der Waals surface area contributed by atoms with Crippen LogP contribution in [0, 0.1) is 0 Å². The quantitative estimate of drug-likeness (QED) is 0.649. The van der Waals surface area contributed by atoms with E-state index in [0.29, 0.717) is 0 Å². The minimum atomic E-state index is -1.31. The van der Waals surface area contributed by atoms with Gasteiger partial charge in [0.1, 0.15) is 6.42 Å². The first-order valence-corrected chi connectivity index (χ1v) is 4.56. The molecule has 4 heteroatoms. The Balaban J connectivity index is 0.000000223. The number of hydrogen-bond acceptors (Lipinski definition) is 2. The zero-order valence-corrected chi connectivity index (χ0v) is 7.66. The first kappa shape index (κ1) is 11.9. The van der Waals surface area contributed by atoms with E-state index in [0.717, 1.165) is 0 Å². The highest BCUT2D eigenvalue weighted by Crippen LogP contribution is 2.15. The summed E-state index contributed by atoms with van der Waals surface area (Å²) in [5, 5.41) is 15.4. The minimum absolute atomic E-state index is 0.806. The molecule has 1 rings (SSSR count). The maximum atomic E-state index is 9.43. The molecule has 0 atom stereocenters. The van der Waals surface area contributed by atoms with Crippen molar-refractivity contribution in [2.24, 2.45) is 0 Å². The summed E-state index contributed by atoms with van der Waals surface area (Å²) in [6.45, 7) is 0. The molecule has 1 aliphatic rings. The summed E-state index contributed by atoms with van der Waals surface area (Å²) in [6.07, 6.45) is 8.19. The number of hydrogen-bond donors (Lipinski definition) is 2. The summed E-state index contributed by atoms with van der Waals surface area (Å²) in [7, 11) is 0. The molecule has 0 aromatic carbocycles. The summed E-state index contributed by atoms with van der Waals surface area (Å²) in [5.41, 5.74) is 0. The number of carboxylic acid groups (broad SMARTS) is 2. The molecule has 1 saturated carbocycles. The fourth-order valence-electron chi connectivity index (χ4n) is 1.19. The molecule has 0 bridgehead atoms. The Labute approximate surface area is 77.6 Å². The van der Waals surface area contributed by atoms with Crippen molar-refractivity contribution in [1.82, 2.24) is 0 Å². The van der Waals surface area contributed by atoms with Crippen LogP contribution in [0.1, 0.15) is 44.9 Å². The molecule has 0 amide bonds. The molecular formula is C9H16O4. The van der Waals surface area contributed by atoms with E-state index in [-0.39, 0.29) is 0 Å². The second-order valence-corrected chi connectivity index (χ2v) is 3.09. The van der Waals surface area contributed by atoms with Crippen LogP contribution in [0.3, 0.4) is 0 Å². The molecule has 2 N–H and O–H groups in total. The van der Waals surface area contributed by atoms with Gasteiger partial charge < -0.3 is 10.2 Å². The van der Waals surface area contributed by atoms with E-state index < -0.39 is 18.4 Å². The maximum Gasteiger partial charge on any atom is 0.314 e. The van der Waals surface area contributed by atoms with Gasteiger partial charge in [-0.1, -0.05) is 38.5 Å². The van der Waals surface area contributed by atoms with E-state index in [1.807, 2.05) is 0 Å². The van der Waals surface area contributed by atoms with Gasteiger partial charge in [-0.3, -0.25) is 9.59 Å². The topological polar surface area (TPSA) is 74.6 Å². The van der Waals surface area contributed by atoms with Gasteiger partial charge in [-0.15, -0.1) is 0 Å². The Morgan fingerprint density at radius 2 is 1.00 bits per heavy atom. The molecule has 76 valence electrons. The van der Waals surface area contributed by atoms with Gasteiger partial charge >= 0.3 is 11.9 Å². The first-order valence-electron chi connectivity index (χ1n) is 4.56. The van der Waals surface area contributed by atoms with Gasteiger partial charge in [0.25, 0.3) is 0 Å². The molecule has 1 fully saturated rings. The Morgan fingerprint density at radius 3 is 1.08 bits per heavy atom. The zero-order valence-electron chi connectivity index (χ0n) is 7.66. The standard InChI is InChI=1S/C6H12.C3H4O4/c1-2-4-6-5-3-1;4-2(5)1-3(6)7/h1-6H2;1H2,(H,4,5)(H,6,7). The molecule has 0 saturated heterocycles. The van der Waals surface area contributed by atoms with E-state index in [1.165, 1.54) is 38.5 Å². The fourth-order valence-corrected chi connectivity index (χ4v) is 1.19. The maximum absolute atomic E-state index is 9.43. The Hall–Kier alpha value is -1.06. The molecule has 0 aromatic heterocycles. The number of rotatable bonds is 2. The lowest BCUT2D eigenvalue weighted by Gasteiger charge is -2.05. The average molecular weight is 188 g/mol. The smallest absolute Gasteiger partial charge is 0.314 e. The third-order valence-electron chi connectivity index (χ3n) is 1.80. The Morgan fingerprint density at radius 1 is 0.769 bits per heavy atom. The van der Waals surface area contributed by atoms with Crippen molar-refractivity contribution in [2.45, 2.75) is 44.9 Å². The van der Waals surface area contributed by atoms with Gasteiger partial charge in [-0.05, 0) is 0 Å². The van der Waals surface area contributed by atoms with Crippen molar-refractivity contribution in [3.8, 4) is 0 Å². The van der Waals surface area contributed by atoms with Crippen LogP contribution in [-0.4, -0.2) is 22.2 Å². The molecule has 0 aromatic rings. The number of carboxylic acids is 2. The van der Waals surface area contributed by atoms with Crippen LogP contribution in [0.5, 0.6) is 0 Å². The van der Waals surface area contributed by atoms with Crippen molar-refractivity contribution in [3.05, 3.63) is 0 Å². The van der Waals surface area contributed by atoms with Gasteiger partial charge in [-0.25, -0.2) is 0 Å². The second-order valence-electron chi connectivity index (χ2n) is 3.09. The van der Waals surface area contributed by atoms with Crippen LogP contribution in [0.15, 0.2) is 0 Å². The average Bonchev–Trinajstić information content (AvgIpc) is 2.06. The van der Waals surface area contributed by atoms with E-state index >= 15 is 0 Å². The van der Waals surface area contributed by atoms with E-state index in [9.17, 15) is 9.59 Å². The second kappa shape index (κ2) is 7.58. The number of aliphatic carboxylic acids is 2. The van der Waals surface area contributed by atoms with Crippen LogP contribution in [-0.2, 0) is 9.59 Å². The van der Waals surface area contributed by atoms with Crippen molar-refractivity contribution >= 4 is 11.9 Å². The largest absolute Gasteiger partial charge is 0.481 e. The third-order valence-corrected chi connectivity index (χ3v) is 1.80. The lowest BCUT2D eigenvalue weighted by Crippen LogP contribution is -2.03. The van der Waals surface area contributed by atoms with Crippen LogP contribution in [0.4, 0.5) is 0 Å². The molecule has 0 heterocycles. The van der Waals surface area contributed by atoms with Gasteiger partial charge in [-0.2, -0.15) is 0 Å². The summed E-state index contributed by atoms with van der Waals surface area (Å²) in [4.78, 5) is 18.9. The summed E-state index contributed by atoms with van der Waals surface area (Å²) in [5.74, 6) is -2.62. The Bertz CT molecular complexity index is 137. The normalized spacial score (nSPS) is 15.4. The van der Waals surface area contributed by atoms with Gasteiger partial charge in [0.15, 0.2) is 0 Å². The van der Waals surface area contributed by atoms with Crippen molar-refractivity contribution in [2.75, 3.05) is 0 Å². The number of carbonyl (C=O) groups is 2. The molecule has 0 unspecified atom stereocenters. The highest BCUT2D eigenvalue weighted by Gasteiger charge is 2.01. The van der Waals surface area contributed by atoms with Crippen LogP contribution in [0.25, 0.3) is 0 Å². The molecule has 0 aliphatic heterocycles. The highest BCUT2D eigenvalue weighted by atomic mass is 16.4.